The number of anilines is 1. The van der Waals surface area contributed by atoms with E-state index in [0.717, 1.165) is 35.2 Å². The van der Waals surface area contributed by atoms with Crippen LogP contribution in [0.3, 0.4) is 0 Å². The summed E-state index contributed by atoms with van der Waals surface area (Å²) in [6.07, 6.45) is 1.90. The van der Waals surface area contributed by atoms with Crippen LogP contribution in [-0.2, 0) is 12.8 Å². The molecule has 0 bridgehead atoms. The maximum Gasteiger partial charge on any atom is 0.122 e. The van der Waals surface area contributed by atoms with Crippen molar-refractivity contribution >= 4 is 21.6 Å². The molecule has 0 aliphatic carbocycles. The van der Waals surface area contributed by atoms with Gasteiger partial charge in [0.1, 0.15) is 5.75 Å². The lowest BCUT2D eigenvalue weighted by Crippen LogP contribution is -2.04. The van der Waals surface area contributed by atoms with Gasteiger partial charge in [0, 0.05) is 22.1 Å². The number of aliphatic hydroxyl groups excluding tert-OH is 1. The molecular formula is C17H18BrNO2. The second-order valence-electron chi connectivity index (χ2n) is 5.37. The molecule has 1 heterocycles. The van der Waals surface area contributed by atoms with Crippen LogP contribution in [0.2, 0.25) is 0 Å². The number of aryl methyl sites for hydroxylation is 1. The smallest absolute Gasteiger partial charge is 0.122 e. The van der Waals surface area contributed by atoms with Crippen molar-refractivity contribution in [3.63, 3.8) is 0 Å². The van der Waals surface area contributed by atoms with E-state index in [-0.39, 0.29) is 0 Å². The standard InChI is InChI=1S/C17H18BrNO2/c18-13-3-4-15(19)14(10-13)16(20)5-1-11-2-6-17-12(9-11)7-8-21-17/h2-4,6,9-10,16,20H,1,5,7-8,19H2. The van der Waals surface area contributed by atoms with Crippen molar-refractivity contribution in [3.8, 4) is 5.75 Å². The van der Waals surface area contributed by atoms with Crippen LogP contribution in [0, 0.1) is 0 Å². The number of benzene rings is 2. The van der Waals surface area contributed by atoms with E-state index >= 15 is 0 Å². The molecular weight excluding hydrogens is 330 g/mol. The van der Waals surface area contributed by atoms with Gasteiger partial charge in [0.05, 0.1) is 12.7 Å². The van der Waals surface area contributed by atoms with Gasteiger partial charge in [-0.1, -0.05) is 28.1 Å². The first-order chi connectivity index (χ1) is 10.1. The number of halogens is 1. The molecule has 3 N–H and O–H groups in total. The van der Waals surface area contributed by atoms with Crippen LogP contribution in [0.4, 0.5) is 5.69 Å². The van der Waals surface area contributed by atoms with Gasteiger partial charge in [-0.2, -0.15) is 0 Å². The van der Waals surface area contributed by atoms with Crippen molar-refractivity contribution < 1.29 is 9.84 Å². The molecule has 3 nitrogen and oxygen atoms in total. The largest absolute Gasteiger partial charge is 0.493 e. The lowest BCUT2D eigenvalue weighted by atomic mass is 9.99. The third kappa shape index (κ3) is 3.22. The van der Waals surface area contributed by atoms with Gasteiger partial charge >= 0.3 is 0 Å². The first-order valence-electron chi connectivity index (χ1n) is 7.11. The predicted octanol–water partition coefficient (Wildman–Crippen LogP) is 3.63. The number of nitrogen functional groups attached to an aromatic ring is 1. The fourth-order valence-corrected chi connectivity index (χ4v) is 3.07. The molecule has 21 heavy (non-hydrogen) atoms. The van der Waals surface area contributed by atoms with Crippen molar-refractivity contribution in [3.05, 3.63) is 57.6 Å². The van der Waals surface area contributed by atoms with E-state index in [1.165, 1.54) is 11.1 Å². The van der Waals surface area contributed by atoms with Gasteiger partial charge in [-0.05, 0) is 48.2 Å². The summed E-state index contributed by atoms with van der Waals surface area (Å²) in [5.41, 5.74) is 9.85. The summed E-state index contributed by atoms with van der Waals surface area (Å²) in [4.78, 5) is 0. The lowest BCUT2D eigenvalue weighted by molar-refractivity contribution is 0.168. The highest BCUT2D eigenvalue weighted by molar-refractivity contribution is 9.10. The summed E-state index contributed by atoms with van der Waals surface area (Å²) in [5.74, 6) is 0.996. The van der Waals surface area contributed by atoms with Crippen LogP contribution in [0.1, 0.15) is 29.2 Å². The van der Waals surface area contributed by atoms with Crippen LogP contribution < -0.4 is 10.5 Å². The minimum atomic E-state index is -0.549. The molecule has 0 saturated heterocycles. The molecule has 110 valence electrons. The van der Waals surface area contributed by atoms with E-state index in [4.69, 9.17) is 10.5 Å². The summed E-state index contributed by atoms with van der Waals surface area (Å²) in [7, 11) is 0. The molecule has 0 amide bonds. The highest BCUT2D eigenvalue weighted by Crippen LogP contribution is 2.29. The Hall–Kier alpha value is -1.52. The maximum absolute atomic E-state index is 10.4. The third-order valence-electron chi connectivity index (χ3n) is 3.87. The zero-order valence-corrected chi connectivity index (χ0v) is 13.3. The molecule has 0 aromatic heterocycles. The molecule has 0 spiro atoms. The summed E-state index contributed by atoms with van der Waals surface area (Å²) in [6.45, 7) is 0.774. The molecule has 0 radical (unpaired) electrons. The van der Waals surface area contributed by atoms with Gasteiger partial charge in [-0.15, -0.1) is 0 Å². The van der Waals surface area contributed by atoms with E-state index in [2.05, 4.69) is 28.1 Å². The van der Waals surface area contributed by atoms with Crippen molar-refractivity contribution in [2.24, 2.45) is 0 Å². The quantitative estimate of drug-likeness (QED) is 0.830. The summed E-state index contributed by atoms with van der Waals surface area (Å²) >= 11 is 3.41. The minimum Gasteiger partial charge on any atom is -0.493 e. The average Bonchev–Trinajstić information content (AvgIpc) is 2.94. The van der Waals surface area contributed by atoms with Crippen LogP contribution in [-0.4, -0.2) is 11.7 Å². The number of aliphatic hydroxyl groups is 1. The van der Waals surface area contributed by atoms with E-state index in [9.17, 15) is 5.11 Å². The number of hydrogen-bond donors (Lipinski definition) is 2. The second kappa shape index (κ2) is 6.08. The number of hydrogen-bond acceptors (Lipinski definition) is 3. The van der Waals surface area contributed by atoms with Crippen molar-refractivity contribution in [2.45, 2.75) is 25.4 Å². The van der Waals surface area contributed by atoms with Gasteiger partial charge in [-0.3, -0.25) is 0 Å². The summed E-state index contributed by atoms with van der Waals surface area (Å²) in [6, 6.07) is 11.9. The fourth-order valence-electron chi connectivity index (χ4n) is 2.69. The van der Waals surface area contributed by atoms with E-state index in [1.807, 2.05) is 24.3 Å². The Kier molecular flexibility index (Phi) is 4.17. The normalized spacial score (nSPS) is 14.6. The van der Waals surface area contributed by atoms with Gasteiger partial charge < -0.3 is 15.6 Å². The monoisotopic (exact) mass is 347 g/mol. The maximum atomic E-state index is 10.4. The van der Waals surface area contributed by atoms with E-state index < -0.39 is 6.10 Å². The SMILES string of the molecule is Nc1ccc(Br)cc1C(O)CCc1ccc2c(c1)CCO2. The van der Waals surface area contributed by atoms with Crippen LogP contribution >= 0.6 is 15.9 Å². The molecule has 3 rings (SSSR count). The van der Waals surface area contributed by atoms with Gasteiger partial charge in [0.15, 0.2) is 0 Å². The van der Waals surface area contributed by atoms with Crippen LogP contribution in [0.5, 0.6) is 5.75 Å². The van der Waals surface area contributed by atoms with E-state index in [0.29, 0.717) is 12.1 Å². The molecule has 1 atom stereocenters. The number of fused-ring (bicyclic) bond motifs is 1. The third-order valence-corrected chi connectivity index (χ3v) is 4.36. The van der Waals surface area contributed by atoms with Gasteiger partial charge in [0.2, 0.25) is 0 Å². The highest BCUT2D eigenvalue weighted by atomic mass is 79.9. The second-order valence-corrected chi connectivity index (χ2v) is 6.28. The summed E-state index contributed by atoms with van der Waals surface area (Å²) < 4.78 is 6.44. The Balaban J connectivity index is 1.68. The average molecular weight is 348 g/mol. The van der Waals surface area contributed by atoms with Crippen molar-refractivity contribution in [2.75, 3.05) is 12.3 Å². The van der Waals surface area contributed by atoms with E-state index in [1.54, 1.807) is 0 Å². The van der Waals surface area contributed by atoms with Gasteiger partial charge in [-0.25, -0.2) is 0 Å². The topological polar surface area (TPSA) is 55.5 Å². The van der Waals surface area contributed by atoms with Crippen molar-refractivity contribution in [1.82, 2.24) is 0 Å². The molecule has 2 aromatic rings. The first kappa shape index (κ1) is 14.4. The molecule has 1 unspecified atom stereocenters. The Morgan fingerprint density at radius 1 is 1.24 bits per heavy atom. The number of nitrogens with two attached hydrogens (primary N) is 1. The molecule has 1 aliphatic heterocycles. The Morgan fingerprint density at radius 2 is 2.10 bits per heavy atom. The Labute approximate surface area is 132 Å². The lowest BCUT2D eigenvalue weighted by Gasteiger charge is -2.14. The minimum absolute atomic E-state index is 0.549. The highest BCUT2D eigenvalue weighted by Gasteiger charge is 2.14. The predicted molar refractivity (Wildman–Crippen MR) is 87.5 cm³/mol. The fraction of sp³-hybridized carbons (Fsp3) is 0.294. The van der Waals surface area contributed by atoms with Crippen molar-refractivity contribution in [1.29, 1.82) is 0 Å². The molecule has 1 aliphatic rings. The number of ether oxygens (including phenoxy) is 1. The Morgan fingerprint density at radius 3 is 2.95 bits per heavy atom. The number of rotatable bonds is 4. The van der Waals surface area contributed by atoms with Crippen LogP contribution in [0.25, 0.3) is 0 Å². The first-order valence-corrected chi connectivity index (χ1v) is 7.90. The molecule has 4 heteroatoms. The van der Waals surface area contributed by atoms with Gasteiger partial charge in [0.25, 0.3) is 0 Å². The molecule has 0 saturated carbocycles. The molecule has 2 aromatic carbocycles. The Bertz CT molecular complexity index is 657. The van der Waals surface area contributed by atoms with Crippen LogP contribution in [0.15, 0.2) is 40.9 Å². The summed E-state index contributed by atoms with van der Waals surface area (Å²) in [5, 5.41) is 10.4. The zero-order chi connectivity index (χ0) is 14.8. The molecule has 0 fully saturated rings. The zero-order valence-electron chi connectivity index (χ0n) is 11.7.